The number of rotatable bonds is 6. The summed E-state index contributed by atoms with van der Waals surface area (Å²) in [7, 11) is -2.01. The molecule has 0 spiro atoms. The molecule has 3 aromatic rings. The maximum atomic E-state index is 12.9. The molecule has 0 fully saturated rings. The van der Waals surface area contributed by atoms with Gasteiger partial charge in [0.25, 0.3) is 5.91 Å². The molecule has 3 N–H and O–H groups in total. The van der Waals surface area contributed by atoms with E-state index in [0.29, 0.717) is 11.4 Å². The van der Waals surface area contributed by atoms with Crippen molar-refractivity contribution in [1.82, 2.24) is 9.55 Å². The van der Waals surface area contributed by atoms with Crippen molar-refractivity contribution in [3.63, 3.8) is 0 Å². The average molecular weight is 480 g/mol. The number of methoxy groups -OCH3 is 1. The van der Waals surface area contributed by atoms with Gasteiger partial charge in [-0.15, -0.1) is 0 Å². The quantitative estimate of drug-likeness (QED) is 0.524. The van der Waals surface area contributed by atoms with E-state index in [9.17, 15) is 26.4 Å². The van der Waals surface area contributed by atoms with Crippen LogP contribution in [0.3, 0.4) is 0 Å². The highest BCUT2D eigenvalue weighted by atomic mass is 32.2. The Hall–Kier alpha value is -3.72. The molecule has 0 aliphatic carbocycles. The number of anilines is 1. The zero-order valence-electron chi connectivity index (χ0n) is 17.5. The lowest BCUT2D eigenvalue weighted by molar-refractivity contribution is -0.139. The predicted octanol–water partition coefficient (Wildman–Crippen LogP) is 2.57. The predicted molar refractivity (Wildman–Crippen MR) is 116 cm³/mol. The van der Waals surface area contributed by atoms with Crippen LogP contribution in [0, 0.1) is 11.8 Å². The number of nitrogens with two attached hydrogens (primary N) is 1. The third-order valence-electron chi connectivity index (χ3n) is 4.54. The van der Waals surface area contributed by atoms with Crippen LogP contribution in [0.25, 0.3) is 11.0 Å². The van der Waals surface area contributed by atoms with Crippen molar-refractivity contribution in [2.75, 3.05) is 25.2 Å². The van der Waals surface area contributed by atoms with Gasteiger partial charge in [-0.2, -0.15) is 13.2 Å². The fraction of sp³-hybridized carbons (Fsp3) is 0.238. The van der Waals surface area contributed by atoms with E-state index in [0.717, 1.165) is 17.2 Å². The molecule has 0 saturated carbocycles. The Morgan fingerprint density at radius 3 is 2.61 bits per heavy atom. The van der Waals surface area contributed by atoms with Crippen LogP contribution in [0.2, 0.25) is 0 Å². The number of hydrogen-bond donors (Lipinski definition) is 2. The highest BCUT2D eigenvalue weighted by Crippen LogP contribution is 2.27. The summed E-state index contributed by atoms with van der Waals surface area (Å²) in [5, 5.41) is 2.94. The summed E-state index contributed by atoms with van der Waals surface area (Å²) in [6.07, 6.45) is -2.41. The normalized spacial score (nSPS) is 11.7. The van der Waals surface area contributed by atoms with Gasteiger partial charge < -0.3 is 20.4 Å². The number of nitrogens with one attached hydrogen (secondary N) is 1. The van der Waals surface area contributed by atoms with Crippen LogP contribution in [0.1, 0.15) is 15.9 Å². The summed E-state index contributed by atoms with van der Waals surface area (Å²) < 4.78 is 68.2. The lowest BCUT2D eigenvalue weighted by Crippen LogP contribution is -2.17. The summed E-state index contributed by atoms with van der Waals surface area (Å²) in [5.41, 5.74) is 6.10. The summed E-state index contributed by atoms with van der Waals surface area (Å²) in [6, 6.07) is 7.06. The molecule has 174 valence electrons. The summed E-state index contributed by atoms with van der Waals surface area (Å²) in [5.74, 6) is 5.10. The van der Waals surface area contributed by atoms with E-state index in [1.54, 1.807) is 0 Å². The number of benzene rings is 2. The minimum absolute atomic E-state index is 0.0480. The van der Waals surface area contributed by atoms with Gasteiger partial charge in [-0.1, -0.05) is 11.8 Å². The molecule has 1 amide bonds. The minimum Gasteiger partial charge on any atom is -0.495 e. The highest BCUT2D eigenvalue weighted by Gasteiger charge is 2.29. The molecule has 2 aromatic carbocycles. The van der Waals surface area contributed by atoms with E-state index in [2.05, 4.69) is 22.1 Å². The third kappa shape index (κ3) is 5.75. The molecule has 0 aliphatic heterocycles. The fourth-order valence-corrected chi connectivity index (χ4v) is 3.73. The minimum atomic E-state index is -4.48. The number of carbonyl (C=O) groups is 1. The van der Waals surface area contributed by atoms with Crippen LogP contribution in [-0.2, 0) is 16.4 Å². The van der Waals surface area contributed by atoms with Gasteiger partial charge in [0.05, 0.1) is 41.6 Å². The van der Waals surface area contributed by atoms with Gasteiger partial charge in [0.15, 0.2) is 9.84 Å². The Balaban J connectivity index is 1.90. The second kappa shape index (κ2) is 9.03. The smallest absolute Gasteiger partial charge is 0.406 e. The molecule has 0 radical (unpaired) electrons. The number of hydrogen-bond acceptors (Lipinski definition) is 6. The van der Waals surface area contributed by atoms with Crippen molar-refractivity contribution in [3.8, 4) is 17.6 Å². The molecule has 0 bridgehead atoms. The van der Waals surface area contributed by atoms with Crippen molar-refractivity contribution in [2.24, 2.45) is 5.73 Å². The van der Waals surface area contributed by atoms with Gasteiger partial charge in [-0.05, 0) is 30.3 Å². The van der Waals surface area contributed by atoms with E-state index in [1.807, 2.05) is 0 Å². The molecule has 0 aliphatic rings. The topological polar surface area (TPSA) is 116 Å². The Kier molecular flexibility index (Phi) is 6.55. The van der Waals surface area contributed by atoms with Crippen molar-refractivity contribution >= 4 is 32.5 Å². The summed E-state index contributed by atoms with van der Waals surface area (Å²) in [6.45, 7) is -1.23. The molecule has 1 aromatic heterocycles. The van der Waals surface area contributed by atoms with Gasteiger partial charge in [-0.25, -0.2) is 13.4 Å². The van der Waals surface area contributed by atoms with E-state index < -0.39 is 28.5 Å². The maximum absolute atomic E-state index is 12.9. The van der Waals surface area contributed by atoms with Crippen molar-refractivity contribution < 1.29 is 31.1 Å². The number of amides is 1. The molecule has 1 heterocycles. The van der Waals surface area contributed by atoms with E-state index in [1.165, 1.54) is 37.4 Å². The first kappa shape index (κ1) is 23.9. The highest BCUT2D eigenvalue weighted by molar-refractivity contribution is 7.90. The van der Waals surface area contributed by atoms with Crippen molar-refractivity contribution in [2.45, 2.75) is 17.6 Å². The van der Waals surface area contributed by atoms with E-state index >= 15 is 0 Å². The number of carbonyl (C=O) groups excluding carboxylic acids is 1. The second-order valence-corrected chi connectivity index (χ2v) is 9.05. The van der Waals surface area contributed by atoms with Crippen LogP contribution >= 0.6 is 0 Å². The molecule has 8 nitrogen and oxygen atoms in total. The SMILES string of the molecule is COc1ccc(S(C)(=O)=O)cc1NCC#Cc1cc(C(N)=O)c2ncn(CC(F)(F)F)c2c1. The lowest BCUT2D eigenvalue weighted by atomic mass is 10.1. The zero-order valence-corrected chi connectivity index (χ0v) is 18.3. The maximum Gasteiger partial charge on any atom is 0.406 e. The van der Waals surface area contributed by atoms with E-state index in [-0.39, 0.29) is 33.6 Å². The Morgan fingerprint density at radius 1 is 1.27 bits per heavy atom. The second-order valence-electron chi connectivity index (χ2n) is 7.03. The molecular formula is C21H19F3N4O4S. The number of primary amides is 1. The molecule has 0 atom stereocenters. The van der Waals surface area contributed by atoms with Gasteiger partial charge in [0, 0.05) is 11.8 Å². The molecule has 33 heavy (non-hydrogen) atoms. The van der Waals surface area contributed by atoms with Crippen molar-refractivity contribution in [3.05, 3.63) is 47.8 Å². The standard InChI is InChI=1S/C21H19F3N4O4S/c1-32-18-6-5-14(33(2,30)31)10-16(18)26-7-3-4-13-8-15(20(25)29)19-17(9-13)28(12-27-19)11-21(22,23)24/h5-6,8-10,12,26H,7,11H2,1-2H3,(H2,25,29). The van der Waals surface area contributed by atoms with E-state index in [4.69, 9.17) is 10.5 Å². The number of imidazole rings is 1. The molecule has 0 unspecified atom stereocenters. The molecule has 0 saturated heterocycles. The number of sulfone groups is 1. The first-order chi connectivity index (χ1) is 15.4. The number of fused-ring (bicyclic) bond motifs is 1. The van der Waals surface area contributed by atoms with Crippen LogP contribution in [0.5, 0.6) is 5.75 Å². The fourth-order valence-electron chi connectivity index (χ4n) is 3.08. The summed E-state index contributed by atoms with van der Waals surface area (Å²) in [4.78, 5) is 15.8. The van der Waals surface area contributed by atoms with Gasteiger partial charge in [0.1, 0.15) is 17.8 Å². The number of nitrogens with zero attached hydrogens (tertiary/aromatic N) is 2. The van der Waals surface area contributed by atoms with Crippen LogP contribution in [-0.4, -0.2) is 50.0 Å². The first-order valence-electron chi connectivity index (χ1n) is 9.35. The Bertz CT molecular complexity index is 1390. The van der Waals surface area contributed by atoms with Crippen LogP contribution in [0.4, 0.5) is 18.9 Å². The monoisotopic (exact) mass is 480 g/mol. The van der Waals surface area contributed by atoms with Gasteiger partial charge >= 0.3 is 6.18 Å². The zero-order chi connectivity index (χ0) is 24.4. The summed E-state index contributed by atoms with van der Waals surface area (Å²) >= 11 is 0. The lowest BCUT2D eigenvalue weighted by Gasteiger charge is -2.10. The number of halogens is 3. The van der Waals surface area contributed by atoms with Gasteiger partial charge in [0.2, 0.25) is 0 Å². The largest absolute Gasteiger partial charge is 0.495 e. The first-order valence-corrected chi connectivity index (χ1v) is 11.2. The van der Waals surface area contributed by atoms with Gasteiger partial charge in [-0.3, -0.25) is 4.79 Å². The van der Waals surface area contributed by atoms with Crippen LogP contribution in [0.15, 0.2) is 41.6 Å². The average Bonchev–Trinajstić information content (AvgIpc) is 3.10. The molecular weight excluding hydrogens is 461 g/mol. The molecule has 12 heteroatoms. The number of alkyl halides is 3. The number of ether oxygens (including phenoxy) is 1. The third-order valence-corrected chi connectivity index (χ3v) is 5.65. The Labute approximate surface area is 187 Å². The van der Waals surface area contributed by atoms with Crippen LogP contribution < -0.4 is 15.8 Å². The Morgan fingerprint density at radius 2 is 2.00 bits per heavy atom. The molecule has 3 rings (SSSR count). The van der Waals surface area contributed by atoms with Crippen molar-refractivity contribution in [1.29, 1.82) is 0 Å². The number of aromatic nitrogens is 2.